The Hall–Kier alpha value is -2.22. The van der Waals surface area contributed by atoms with Crippen LogP contribution < -0.4 is 5.32 Å². The van der Waals surface area contributed by atoms with Gasteiger partial charge in [-0.2, -0.15) is 15.0 Å². The molecule has 0 unspecified atom stereocenters. The third-order valence-corrected chi connectivity index (χ3v) is 4.42. The second-order valence-corrected chi connectivity index (χ2v) is 5.98. The predicted octanol–water partition coefficient (Wildman–Crippen LogP) is 0.673. The summed E-state index contributed by atoms with van der Waals surface area (Å²) in [5, 5.41) is 15.3. The number of aromatic nitrogens is 5. The third kappa shape index (κ3) is 2.98. The van der Waals surface area contributed by atoms with E-state index in [0.29, 0.717) is 18.8 Å². The van der Waals surface area contributed by atoms with Crippen molar-refractivity contribution in [2.24, 2.45) is 20.0 Å². The van der Waals surface area contributed by atoms with Crippen LogP contribution in [-0.4, -0.2) is 43.8 Å². The average Bonchev–Trinajstić information content (AvgIpc) is 3.18. The van der Waals surface area contributed by atoms with Crippen molar-refractivity contribution in [2.45, 2.75) is 26.4 Å². The van der Waals surface area contributed by atoms with Crippen LogP contribution in [0.15, 0.2) is 6.20 Å². The largest absolute Gasteiger partial charge is 0.373 e. The Morgan fingerprint density at radius 1 is 1.39 bits per heavy atom. The number of carbonyl (C=O) groups excluding carboxylic acids is 1. The second-order valence-electron chi connectivity index (χ2n) is 5.98. The molecule has 1 amide bonds. The molecule has 2 aromatic rings. The molecule has 0 radical (unpaired) electrons. The van der Waals surface area contributed by atoms with E-state index in [0.717, 1.165) is 23.4 Å². The van der Waals surface area contributed by atoms with Crippen LogP contribution in [0.5, 0.6) is 0 Å². The fourth-order valence-corrected chi connectivity index (χ4v) is 3.13. The minimum Gasteiger partial charge on any atom is -0.373 e. The molecule has 0 saturated carbocycles. The Morgan fingerprint density at radius 2 is 2.17 bits per heavy atom. The lowest BCUT2D eigenvalue weighted by atomic mass is 9.94. The van der Waals surface area contributed by atoms with E-state index in [4.69, 9.17) is 4.74 Å². The van der Waals surface area contributed by atoms with Gasteiger partial charge in [0.1, 0.15) is 0 Å². The quantitative estimate of drug-likeness (QED) is 0.895. The maximum atomic E-state index is 12.1. The molecule has 2 aromatic heterocycles. The maximum absolute atomic E-state index is 12.1. The molecular weight excluding hydrogens is 296 g/mol. The van der Waals surface area contributed by atoms with Gasteiger partial charge in [-0.1, -0.05) is 0 Å². The maximum Gasteiger partial charge on any atom is 0.273 e. The highest BCUT2D eigenvalue weighted by Crippen LogP contribution is 2.37. The fraction of sp³-hybridized carbons (Fsp3) is 0.600. The van der Waals surface area contributed by atoms with Crippen molar-refractivity contribution in [2.75, 3.05) is 13.2 Å². The van der Waals surface area contributed by atoms with Crippen LogP contribution in [0.2, 0.25) is 0 Å². The topological polar surface area (TPSA) is 86.9 Å². The molecule has 1 aliphatic heterocycles. The lowest BCUT2D eigenvalue weighted by Gasteiger charge is -2.19. The number of nitrogens with one attached hydrogen (secondary N) is 1. The smallest absolute Gasteiger partial charge is 0.273 e. The molecule has 23 heavy (non-hydrogen) atoms. The van der Waals surface area contributed by atoms with Gasteiger partial charge in [0.25, 0.3) is 5.91 Å². The summed E-state index contributed by atoms with van der Waals surface area (Å²) in [7, 11) is 3.62. The Balaban J connectivity index is 1.69. The molecule has 2 atom stereocenters. The Kier molecular flexibility index (Phi) is 4.16. The molecule has 124 valence electrons. The number of ether oxygens (including phenoxy) is 1. The minimum absolute atomic E-state index is 0.0224. The van der Waals surface area contributed by atoms with E-state index in [1.165, 1.54) is 11.0 Å². The first kappa shape index (κ1) is 15.7. The Morgan fingerprint density at radius 3 is 2.78 bits per heavy atom. The van der Waals surface area contributed by atoms with Gasteiger partial charge in [-0.05, 0) is 20.3 Å². The number of nitrogens with zero attached hydrogens (tertiary/aromatic N) is 5. The van der Waals surface area contributed by atoms with Crippen LogP contribution in [0.25, 0.3) is 0 Å². The average molecular weight is 318 g/mol. The molecule has 0 spiro atoms. The van der Waals surface area contributed by atoms with Crippen molar-refractivity contribution in [1.82, 2.24) is 30.1 Å². The van der Waals surface area contributed by atoms with E-state index in [-0.39, 0.29) is 17.9 Å². The van der Waals surface area contributed by atoms with Crippen LogP contribution >= 0.6 is 0 Å². The van der Waals surface area contributed by atoms with Crippen LogP contribution in [-0.2, 0) is 18.8 Å². The number of aryl methyl sites for hydroxylation is 3. The molecule has 0 aliphatic carbocycles. The summed E-state index contributed by atoms with van der Waals surface area (Å²) in [5.74, 6) is 0.0283. The molecule has 3 heterocycles. The molecule has 8 heteroatoms. The Labute approximate surface area is 134 Å². The summed E-state index contributed by atoms with van der Waals surface area (Å²) >= 11 is 0. The summed E-state index contributed by atoms with van der Waals surface area (Å²) in [6, 6.07) is 0. The standard InChI is InChI=1S/C15H22N6O2/c1-9-13(10(2)20(3)18-9)14-11(5-6-23-14)7-16-15(22)12-8-17-21(4)19-12/h8,11,14H,5-7H2,1-4H3,(H,16,22)/t11-,14+/m1/s1. The van der Waals surface area contributed by atoms with Crippen LogP contribution in [0.1, 0.15) is 40.0 Å². The number of hydrogen-bond acceptors (Lipinski definition) is 5. The summed E-state index contributed by atoms with van der Waals surface area (Å²) in [4.78, 5) is 13.5. The van der Waals surface area contributed by atoms with Crippen molar-refractivity contribution in [3.8, 4) is 0 Å². The van der Waals surface area contributed by atoms with Gasteiger partial charge in [0, 0.05) is 44.4 Å². The molecule has 1 fully saturated rings. The lowest BCUT2D eigenvalue weighted by Crippen LogP contribution is -2.31. The molecule has 0 bridgehead atoms. The van der Waals surface area contributed by atoms with Crippen molar-refractivity contribution in [1.29, 1.82) is 0 Å². The normalized spacial score (nSPS) is 20.9. The summed E-state index contributed by atoms with van der Waals surface area (Å²) in [5.41, 5.74) is 3.57. The van der Waals surface area contributed by atoms with E-state index in [9.17, 15) is 4.79 Å². The highest BCUT2D eigenvalue weighted by atomic mass is 16.5. The highest BCUT2D eigenvalue weighted by molar-refractivity contribution is 5.91. The first-order chi connectivity index (χ1) is 11.0. The monoisotopic (exact) mass is 318 g/mol. The summed E-state index contributed by atoms with van der Waals surface area (Å²) in [6.45, 7) is 5.30. The van der Waals surface area contributed by atoms with E-state index in [1.807, 2.05) is 25.6 Å². The van der Waals surface area contributed by atoms with Crippen LogP contribution in [0.4, 0.5) is 0 Å². The van der Waals surface area contributed by atoms with Gasteiger partial charge in [-0.3, -0.25) is 9.48 Å². The molecular formula is C15H22N6O2. The van der Waals surface area contributed by atoms with Crippen molar-refractivity contribution in [3.05, 3.63) is 28.8 Å². The molecule has 1 aliphatic rings. The van der Waals surface area contributed by atoms with Gasteiger partial charge < -0.3 is 10.1 Å². The second kappa shape index (κ2) is 6.11. The molecule has 0 aromatic carbocycles. The van der Waals surface area contributed by atoms with Crippen LogP contribution in [0.3, 0.4) is 0 Å². The molecule has 3 rings (SSSR count). The lowest BCUT2D eigenvalue weighted by molar-refractivity contribution is 0.0837. The van der Waals surface area contributed by atoms with Crippen molar-refractivity contribution in [3.63, 3.8) is 0 Å². The highest BCUT2D eigenvalue weighted by Gasteiger charge is 2.33. The minimum atomic E-state index is -0.205. The summed E-state index contributed by atoms with van der Waals surface area (Å²) < 4.78 is 7.81. The number of amides is 1. The van der Waals surface area contributed by atoms with E-state index >= 15 is 0 Å². The molecule has 1 saturated heterocycles. The predicted molar refractivity (Wildman–Crippen MR) is 82.8 cm³/mol. The van der Waals surface area contributed by atoms with E-state index in [2.05, 4.69) is 20.6 Å². The zero-order valence-corrected chi connectivity index (χ0v) is 13.9. The van der Waals surface area contributed by atoms with Crippen molar-refractivity contribution >= 4 is 5.91 Å². The summed E-state index contributed by atoms with van der Waals surface area (Å²) in [6.07, 6.45) is 2.36. The third-order valence-electron chi connectivity index (χ3n) is 4.42. The van der Waals surface area contributed by atoms with Gasteiger partial charge in [0.2, 0.25) is 0 Å². The van der Waals surface area contributed by atoms with Crippen LogP contribution in [0, 0.1) is 19.8 Å². The van der Waals surface area contributed by atoms with Gasteiger partial charge in [-0.15, -0.1) is 5.10 Å². The van der Waals surface area contributed by atoms with Crippen molar-refractivity contribution < 1.29 is 9.53 Å². The van der Waals surface area contributed by atoms with Gasteiger partial charge in [0.05, 0.1) is 18.0 Å². The number of carbonyl (C=O) groups is 1. The van der Waals surface area contributed by atoms with E-state index < -0.39 is 0 Å². The zero-order valence-electron chi connectivity index (χ0n) is 13.9. The molecule has 8 nitrogen and oxygen atoms in total. The number of rotatable bonds is 4. The van der Waals surface area contributed by atoms with E-state index in [1.54, 1.807) is 7.05 Å². The zero-order chi connectivity index (χ0) is 16.6. The molecule has 1 N–H and O–H groups in total. The first-order valence-electron chi connectivity index (χ1n) is 7.73. The number of hydrogen-bond donors (Lipinski definition) is 1. The SMILES string of the molecule is Cc1nn(C)c(C)c1[C@H]1OCC[C@@H]1CNC(=O)c1cnn(C)n1. The van der Waals surface area contributed by atoms with Gasteiger partial charge in [0.15, 0.2) is 5.69 Å². The van der Waals surface area contributed by atoms with Gasteiger partial charge >= 0.3 is 0 Å². The Bertz CT molecular complexity index is 720. The van der Waals surface area contributed by atoms with Gasteiger partial charge in [-0.25, -0.2) is 0 Å². The fourth-order valence-electron chi connectivity index (χ4n) is 3.13. The first-order valence-corrected chi connectivity index (χ1v) is 7.73.